The van der Waals surface area contributed by atoms with Gasteiger partial charge in [0.2, 0.25) is 0 Å². The van der Waals surface area contributed by atoms with Crippen LogP contribution < -0.4 is 19.8 Å². The molecule has 50 heavy (non-hydrogen) atoms. The Balaban J connectivity index is 1.06. The number of aryl methyl sites for hydroxylation is 1. The number of fused-ring (bicyclic) bond motifs is 7. The fraction of sp³-hybridized carbons (Fsp3) is 0.277. The standard InChI is InChI=1S/C47H45NSSi/c1-50-44-29-28-40-39-14-7-8-17-43(39)49-46(40)45(44)41-15-9-16-42(47(41)50)48(37-24-20-33(21-25-37)31-10-3-2-4-11-31)38-26-22-34(23-27-38)36-19-18-32-12-5-6-13-35(32)30-36/h2-7,9-16,18-19,22,24,28,30,33,38,44,50H,8,17,20-21,23,25-27,29H2,1H3. The summed E-state index contributed by atoms with van der Waals surface area (Å²) in [7, 11) is -1.27. The van der Waals surface area contributed by atoms with Gasteiger partial charge in [-0.3, -0.25) is 0 Å². The number of hydrogen-bond donors (Lipinski definition) is 0. The summed E-state index contributed by atoms with van der Waals surface area (Å²) in [6, 6.07) is 35.0. The van der Waals surface area contributed by atoms with Gasteiger partial charge in [0.25, 0.3) is 0 Å². The van der Waals surface area contributed by atoms with Crippen LogP contribution in [0.4, 0.5) is 5.69 Å². The van der Waals surface area contributed by atoms with Crippen LogP contribution in [0.5, 0.6) is 0 Å². The van der Waals surface area contributed by atoms with E-state index in [1.807, 2.05) is 0 Å². The normalized spacial score (nSPS) is 23.7. The maximum Gasteiger partial charge on any atom is 0.0791 e. The van der Waals surface area contributed by atoms with Crippen LogP contribution in [-0.4, -0.2) is 14.8 Å². The molecule has 3 heteroatoms. The van der Waals surface area contributed by atoms with E-state index in [0.29, 0.717) is 17.5 Å². The van der Waals surface area contributed by atoms with Crippen molar-refractivity contribution >= 4 is 65.1 Å². The van der Waals surface area contributed by atoms with Crippen molar-refractivity contribution in [2.24, 2.45) is 0 Å². The molecule has 248 valence electrons. The van der Waals surface area contributed by atoms with E-state index in [-0.39, 0.29) is 0 Å². The average Bonchev–Trinajstić information content (AvgIpc) is 3.71. The SMILES string of the molecule is C[SiH]1c2c(cccc2N(C2=CCC(c3ccccc3)CC2)C2CC=C(c3ccc4ccccc4c3)CC2)C2=c3sc4c(c3=CCC21)C=CCC4. The molecule has 4 aliphatic carbocycles. The Hall–Kier alpha value is -4.18. The van der Waals surface area contributed by atoms with Crippen LogP contribution in [0.25, 0.3) is 34.1 Å². The zero-order chi connectivity index (χ0) is 33.2. The molecule has 0 N–H and O–H groups in total. The maximum absolute atomic E-state index is 2.89. The van der Waals surface area contributed by atoms with Gasteiger partial charge in [0.1, 0.15) is 0 Å². The first-order chi connectivity index (χ1) is 24.7. The second-order valence-electron chi connectivity index (χ2n) is 15.3. The lowest BCUT2D eigenvalue weighted by Crippen LogP contribution is -2.42. The minimum absolute atomic E-state index is 0.486. The molecule has 0 fully saturated rings. The molecule has 0 saturated carbocycles. The third-order valence-corrected chi connectivity index (χ3v) is 17.2. The second-order valence-corrected chi connectivity index (χ2v) is 19.3. The molecular weight excluding hydrogens is 639 g/mol. The van der Waals surface area contributed by atoms with Crippen molar-refractivity contribution in [2.45, 2.75) is 81.8 Å². The van der Waals surface area contributed by atoms with Gasteiger partial charge in [0.05, 0.1) is 8.80 Å². The lowest BCUT2D eigenvalue weighted by molar-refractivity contribution is 0.534. The fourth-order valence-electron chi connectivity index (χ4n) is 10.0. The van der Waals surface area contributed by atoms with Crippen LogP contribution in [0.2, 0.25) is 12.1 Å². The molecule has 4 unspecified atom stereocenters. The number of hydrogen-bond acceptors (Lipinski definition) is 2. The average molecular weight is 684 g/mol. The van der Waals surface area contributed by atoms with Crippen LogP contribution in [-0.2, 0) is 6.42 Å². The van der Waals surface area contributed by atoms with Gasteiger partial charge >= 0.3 is 0 Å². The maximum atomic E-state index is 2.89. The second kappa shape index (κ2) is 12.5. The van der Waals surface area contributed by atoms with Crippen LogP contribution in [0, 0.1) is 0 Å². The van der Waals surface area contributed by atoms with Crippen molar-refractivity contribution in [3.05, 3.63) is 152 Å². The molecule has 4 atom stereocenters. The van der Waals surface area contributed by atoms with E-state index >= 15 is 0 Å². The Morgan fingerprint density at radius 1 is 0.760 bits per heavy atom. The molecule has 5 aliphatic rings. The summed E-state index contributed by atoms with van der Waals surface area (Å²) in [4.78, 5) is 4.50. The number of benzene rings is 4. The van der Waals surface area contributed by atoms with Gasteiger partial charge in [-0.05, 0) is 136 Å². The zero-order valence-corrected chi connectivity index (χ0v) is 31.0. The number of anilines is 1. The van der Waals surface area contributed by atoms with Crippen LogP contribution in [0.15, 0.2) is 115 Å². The lowest BCUT2D eigenvalue weighted by Gasteiger charge is -2.41. The van der Waals surface area contributed by atoms with Crippen LogP contribution in [0.3, 0.4) is 0 Å². The van der Waals surface area contributed by atoms with Gasteiger partial charge in [-0.2, -0.15) is 0 Å². The smallest absolute Gasteiger partial charge is 0.0791 e. The highest BCUT2D eigenvalue weighted by molar-refractivity contribution is 7.10. The highest BCUT2D eigenvalue weighted by Gasteiger charge is 2.40. The number of thiophene rings is 1. The summed E-state index contributed by atoms with van der Waals surface area (Å²) in [5.74, 6) is 0.619. The Morgan fingerprint density at radius 2 is 1.64 bits per heavy atom. The lowest BCUT2D eigenvalue weighted by atomic mass is 9.84. The molecule has 1 aromatic heterocycles. The molecule has 0 radical (unpaired) electrons. The number of rotatable bonds is 5. The third-order valence-electron chi connectivity index (χ3n) is 12.6. The molecule has 0 saturated heterocycles. The first kappa shape index (κ1) is 30.6. The quantitative estimate of drug-likeness (QED) is 0.167. The Kier molecular flexibility index (Phi) is 7.68. The zero-order valence-electron chi connectivity index (χ0n) is 29.1. The van der Waals surface area contributed by atoms with Gasteiger partial charge in [0, 0.05) is 26.8 Å². The molecule has 1 aliphatic heterocycles. The molecule has 0 spiro atoms. The summed E-state index contributed by atoms with van der Waals surface area (Å²) in [6.45, 7) is 2.67. The van der Waals surface area contributed by atoms with E-state index in [4.69, 9.17) is 0 Å². The third kappa shape index (κ3) is 5.07. The van der Waals surface area contributed by atoms with Crippen molar-refractivity contribution in [2.75, 3.05) is 4.90 Å². The number of allylic oxidation sites excluding steroid dienone is 4. The monoisotopic (exact) mass is 683 g/mol. The number of nitrogens with zero attached hydrogens (tertiary/aromatic N) is 1. The summed E-state index contributed by atoms with van der Waals surface area (Å²) < 4.78 is 1.60. The van der Waals surface area contributed by atoms with Crippen LogP contribution in [0.1, 0.15) is 84.4 Å². The summed E-state index contributed by atoms with van der Waals surface area (Å²) >= 11 is 2.12. The summed E-state index contributed by atoms with van der Waals surface area (Å²) in [5, 5.41) is 5.96. The van der Waals surface area contributed by atoms with Gasteiger partial charge in [-0.1, -0.05) is 116 Å². The fourth-order valence-corrected chi connectivity index (χ4v) is 14.8. The predicted octanol–water partition coefficient (Wildman–Crippen LogP) is 9.99. The first-order valence-electron chi connectivity index (χ1n) is 19.1. The van der Waals surface area contributed by atoms with E-state index in [9.17, 15) is 0 Å². The predicted molar refractivity (Wildman–Crippen MR) is 219 cm³/mol. The molecule has 10 rings (SSSR count). The molecule has 5 aromatic rings. The van der Waals surface area contributed by atoms with Crippen molar-refractivity contribution < 1.29 is 0 Å². The Morgan fingerprint density at radius 3 is 2.48 bits per heavy atom. The Labute approximate surface area is 302 Å². The minimum atomic E-state index is -1.27. The van der Waals surface area contributed by atoms with Gasteiger partial charge in [-0.25, -0.2) is 0 Å². The summed E-state index contributed by atoms with van der Waals surface area (Å²) in [6.07, 6.45) is 23.2. The van der Waals surface area contributed by atoms with Crippen molar-refractivity contribution in [3.63, 3.8) is 0 Å². The Bertz CT molecular complexity index is 2360. The van der Waals surface area contributed by atoms with Crippen molar-refractivity contribution in [1.82, 2.24) is 0 Å². The largest absolute Gasteiger partial charge is 0.342 e. The van der Waals surface area contributed by atoms with Gasteiger partial charge in [0.15, 0.2) is 0 Å². The molecule has 1 nitrogen and oxygen atoms in total. The van der Waals surface area contributed by atoms with E-state index in [1.54, 1.807) is 42.3 Å². The summed E-state index contributed by atoms with van der Waals surface area (Å²) in [5.41, 5.74) is 13.1. The van der Waals surface area contributed by atoms with E-state index < -0.39 is 8.80 Å². The first-order valence-corrected chi connectivity index (χ1v) is 22.3. The molecule has 2 heterocycles. The van der Waals surface area contributed by atoms with Crippen LogP contribution >= 0.6 is 11.3 Å². The van der Waals surface area contributed by atoms with Crippen molar-refractivity contribution in [1.29, 1.82) is 0 Å². The topological polar surface area (TPSA) is 3.24 Å². The highest BCUT2D eigenvalue weighted by atomic mass is 32.1. The molecular formula is C47H45NSSi. The van der Waals surface area contributed by atoms with Gasteiger partial charge in [-0.15, -0.1) is 11.3 Å². The minimum Gasteiger partial charge on any atom is -0.342 e. The highest BCUT2D eigenvalue weighted by Crippen LogP contribution is 2.45. The molecule has 0 amide bonds. The van der Waals surface area contributed by atoms with Gasteiger partial charge < -0.3 is 4.90 Å². The van der Waals surface area contributed by atoms with E-state index in [1.165, 1.54) is 65.1 Å². The molecule has 4 aromatic carbocycles. The van der Waals surface area contributed by atoms with Crippen molar-refractivity contribution in [3.8, 4) is 0 Å². The van der Waals surface area contributed by atoms with E-state index in [0.717, 1.165) is 25.7 Å². The molecule has 0 bridgehead atoms. The van der Waals surface area contributed by atoms with E-state index in [2.05, 4.69) is 144 Å².